The zero-order valence-electron chi connectivity index (χ0n) is 13.6. The van der Waals surface area contributed by atoms with E-state index in [4.69, 9.17) is 9.47 Å². The van der Waals surface area contributed by atoms with Gasteiger partial charge in [0.25, 0.3) is 0 Å². The van der Waals surface area contributed by atoms with Gasteiger partial charge in [-0.15, -0.1) is 0 Å². The van der Waals surface area contributed by atoms with E-state index in [0.29, 0.717) is 6.42 Å². The summed E-state index contributed by atoms with van der Waals surface area (Å²) in [5.41, 5.74) is 1.03. The molecule has 0 aliphatic rings. The van der Waals surface area contributed by atoms with Crippen molar-refractivity contribution in [2.45, 2.75) is 45.4 Å². The van der Waals surface area contributed by atoms with Crippen LogP contribution in [0, 0.1) is 0 Å². The van der Waals surface area contributed by atoms with Crippen LogP contribution in [0.3, 0.4) is 0 Å². The van der Waals surface area contributed by atoms with E-state index in [0.717, 1.165) is 42.9 Å². The normalized spacial score (nSPS) is 11.8. The maximum atomic E-state index is 11.9. The number of benzene rings is 1. The molecule has 0 heterocycles. The van der Waals surface area contributed by atoms with Gasteiger partial charge in [-0.25, -0.2) is 0 Å². The summed E-state index contributed by atoms with van der Waals surface area (Å²) in [6.45, 7) is 4.95. The van der Waals surface area contributed by atoms with Crippen molar-refractivity contribution in [1.29, 1.82) is 0 Å². The minimum absolute atomic E-state index is 0.0940. The van der Waals surface area contributed by atoms with Crippen LogP contribution < -0.4 is 14.8 Å². The number of carbonyl (C=O) groups is 1. The average Bonchev–Trinajstić information content (AvgIpc) is 2.50. The highest BCUT2D eigenvalue weighted by atomic mass is 16.5. The molecule has 1 rings (SSSR count). The second kappa shape index (κ2) is 9.27. The van der Waals surface area contributed by atoms with Gasteiger partial charge < -0.3 is 14.8 Å². The molecule has 21 heavy (non-hydrogen) atoms. The van der Waals surface area contributed by atoms with Crippen LogP contribution in [0.5, 0.6) is 11.5 Å². The monoisotopic (exact) mass is 293 g/mol. The van der Waals surface area contributed by atoms with Crippen LogP contribution in [-0.2, 0) is 4.79 Å². The van der Waals surface area contributed by atoms with Crippen molar-refractivity contribution in [2.24, 2.45) is 0 Å². The molecular formula is C17H27NO3. The molecule has 0 aromatic heterocycles. The summed E-state index contributed by atoms with van der Waals surface area (Å²) in [5, 5.41) is 2.97. The largest absolute Gasteiger partial charge is 0.497 e. The number of methoxy groups -OCH3 is 2. The number of unbranched alkanes of at least 4 members (excludes halogenated alkanes) is 2. The minimum Gasteiger partial charge on any atom is -0.497 e. The molecule has 1 unspecified atom stereocenters. The first kappa shape index (κ1) is 17.3. The first-order valence-corrected chi connectivity index (χ1v) is 7.61. The van der Waals surface area contributed by atoms with Crippen LogP contribution in [0.15, 0.2) is 18.2 Å². The van der Waals surface area contributed by atoms with E-state index in [2.05, 4.69) is 12.2 Å². The highest BCUT2D eigenvalue weighted by molar-refractivity contribution is 5.77. The molecular weight excluding hydrogens is 266 g/mol. The van der Waals surface area contributed by atoms with Crippen molar-refractivity contribution in [1.82, 2.24) is 5.32 Å². The van der Waals surface area contributed by atoms with Crippen molar-refractivity contribution in [3.63, 3.8) is 0 Å². The maximum Gasteiger partial charge on any atom is 0.220 e. The van der Waals surface area contributed by atoms with Crippen LogP contribution in [0.1, 0.15) is 51.0 Å². The second-order valence-corrected chi connectivity index (χ2v) is 5.27. The van der Waals surface area contributed by atoms with Gasteiger partial charge in [0.1, 0.15) is 11.5 Å². The zero-order valence-corrected chi connectivity index (χ0v) is 13.6. The molecule has 1 atom stereocenters. The van der Waals surface area contributed by atoms with Gasteiger partial charge in [0, 0.05) is 19.0 Å². The van der Waals surface area contributed by atoms with Crippen molar-refractivity contribution < 1.29 is 14.3 Å². The van der Waals surface area contributed by atoms with Gasteiger partial charge in [-0.1, -0.05) is 32.8 Å². The highest BCUT2D eigenvalue weighted by Gasteiger charge is 2.15. The van der Waals surface area contributed by atoms with Crippen molar-refractivity contribution in [3.8, 4) is 11.5 Å². The molecule has 118 valence electrons. The molecule has 4 nitrogen and oxygen atoms in total. The molecule has 0 aliphatic heterocycles. The molecule has 0 spiro atoms. The van der Waals surface area contributed by atoms with Gasteiger partial charge in [-0.2, -0.15) is 0 Å². The topological polar surface area (TPSA) is 47.6 Å². The average molecular weight is 293 g/mol. The third-order valence-corrected chi connectivity index (χ3v) is 3.57. The molecule has 1 aromatic carbocycles. The summed E-state index contributed by atoms with van der Waals surface area (Å²) in [6.07, 6.45) is 3.83. The van der Waals surface area contributed by atoms with Crippen LogP contribution in [-0.4, -0.2) is 26.7 Å². The van der Waals surface area contributed by atoms with E-state index in [1.807, 2.05) is 25.1 Å². The predicted octanol–water partition coefficient (Wildman–Crippen LogP) is 3.50. The van der Waals surface area contributed by atoms with Crippen LogP contribution in [0.4, 0.5) is 0 Å². The van der Waals surface area contributed by atoms with E-state index >= 15 is 0 Å². The van der Waals surface area contributed by atoms with E-state index in [1.165, 1.54) is 0 Å². The van der Waals surface area contributed by atoms with E-state index in [1.54, 1.807) is 14.2 Å². The van der Waals surface area contributed by atoms with Crippen LogP contribution in [0.2, 0.25) is 0 Å². The van der Waals surface area contributed by atoms with Crippen molar-refractivity contribution >= 4 is 5.91 Å². The first-order valence-electron chi connectivity index (χ1n) is 7.61. The third kappa shape index (κ3) is 5.66. The van der Waals surface area contributed by atoms with Crippen molar-refractivity contribution in [2.75, 3.05) is 20.8 Å². The Kier molecular flexibility index (Phi) is 7.65. The van der Waals surface area contributed by atoms with Gasteiger partial charge in [-0.05, 0) is 24.0 Å². The number of hydrogen-bond acceptors (Lipinski definition) is 3. The summed E-state index contributed by atoms with van der Waals surface area (Å²) in [4.78, 5) is 11.9. The fourth-order valence-electron chi connectivity index (χ4n) is 2.29. The Morgan fingerprint density at radius 3 is 2.62 bits per heavy atom. The lowest BCUT2D eigenvalue weighted by Gasteiger charge is -2.16. The van der Waals surface area contributed by atoms with Crippen LogP contribution >= 0.6 is 0 Å². The number of amides is 1. The molecule has 4 heteroatoms. The Bertz CT molecular complexity index is 446. The fraction of sp³-hybridized carbons (Fsp3) is 0.588. The molecule has 1 N–H and O–H groups in total. The molecule has 0 saturated heterocycles. The maximum absolute atomic E-state index is 11.9. The number of carbonyl (C=O) groups excluding carboxylic acids is 1. The fourth-order valence-corrected chi connectivity index (χ4v) is 2.29. The van der Waals surface area contributed by atoms with E-state index in [9.17, 15) is 4.79 Å². The van der Waals surface area contributed by atoms with Gasteiger partial charge in [0.05, 0.1) is 14.2 Å². The quantitative estimate of drug-likeness (QED) is 0.709. The molecule has 1 aromatic rings. The lowest BCUT2D eigenvalue weighted by Crippen LogP contribution is -2.25. The number of ether oxygens (including phenoxy) is 2. The smallest absolute Gasteiger partial charge is 0.220 e. The highest BCUT2D eigenvalue weighted by Crippen LogP contribution is 2.32. The Balaban J connectivity index is 2.58. The van der Waals surface area contributed by atoms with Gasteiger partial charge in [0.2, 0.25) is 5.91 Å². The second-order valence-electron chi connectivity index (χ2n) is 5.27. The molecule has 0 bridgehead atoms. The molecule has 0 fully saturated rings. The first-order chi connectivity index (χ1) is 10.1. The van der Waals surface area contributed by atoms with Gasteiger partial charge >= 0.3 is 0 Å². The van der Waals surface area contributed by atoms with E-state index < -0.39 is 0 Å². The molecule has 0 saturated carbocycles. The lowest BCUT2D eigenvalue weighted by molar-refractivity contribution is -0.121. The van der Waals surface area contributed by atoms with E-state index in [-0.39, 0.29) is 11.8 Å². The minimum atomic E-state index is 0.0940. The Morgan fingerprint density at radius 1 is 1.24 bits per heavy atom. The summed E-state index contributed by atoms with van der Waals surface area (Å²) >= 11 is 0. The lowest BCUT2D eigenvalue weighted by atomic mass is 9.96. The van der Waals surface area contributed by atoms with Crippen LogP contribution in [0.25, 0.3) is 0 Å². The van der Waals surface area contributed by atoms with Gasteiger partial charge in [0.15, 0.2) is 0 Å². The molecule has 0 radical (unpaired) electrons. The summed E-state index contributed by atoms with van der Waals surface area (Å²) in [6, 6.07) is 5.71. The Morgan fingerprint density at radius 2 is 2.00 bits per heavy atom. The third-order valence-electron chi connectivity index (χ3n) is 3.57. The SMILES string of the molecule is CCCCCNC(=O)CC(C)c1ccc(OC)cc1OC. The number of nitrogens with one attached hydrogen (secondary N) is 1. The molecule has 1 amide bonds. The van der Waals surface area contributed by atoms with Gasteiger partial charge in [-0.3, -0.25) is 4.79 Å². The summed E-state index contributed by atoms with van der Waals surface area (Å²) in [5.74, 6) is 1.72. The van der Waals surface area contributed by atoms with Crippen molar-refractivity contribution in [3.05, 3.63) is 23.8 Å². The zero-order chi connectivity index (χ0) is 15.7. The predicted molar refractivity (Wildman–Crippen MR) is 85.1 cm³/mol. The standard InChI is InChI=1S/C17H27NO3/c1-5-6-7-10-18-17(19)11-13(2)15-9-8-14(20-3)12-16(15)21-4/h8-9,12-13H,5-7,10-11H2,1-4H3,(H,18,19). The summed E-state index contributed by atoms with van der Waals surface area (Å²) in [7, 11) is 3.26. The Hall–Kier alpha value is -1.71. The number of rotatable bonds is 9. The Labute approximate surface area is 127 Å². The number of hydrogen-bond donors (Lipinski definition) is 1. The molecule has 0 aliphatic carbocycles. The summed E-state index contributed by atoms with van der Waals surface area (Å²) < 4.78 is 10.6.